The average molecular weight is 763 g/mol. The van der Waals surface area contributed by atoms with Gasteiger partial charge < -0.3 is 0 Å². The van der Waals surface area contributed by atoms with Crippen molar-refractivity contribution in [2.45, 2.75) is 0 Å². The fraction of sp³-hybridized carbons (Fsp3) is 0. The third-order valence-corrected chi connectivity index (χ3v) is 12.5. The van der Waals surface area contributed by atoms with Crippen LogP contribution in [0.5, 0.6) is 0 Å². The topological polar surface area (TPSA) is 35.6 Å². The fourth-order valence-electron chi connectivity index (χ4n) is 9.96. The number of hydrogen-bond acceptors (Lipinski definition) is 2. The number of fused-ring (bicyclic) bond motifs is 4. The molecule has 0 bridgehead atoms. The van der Waals surface area contributed by atoms with E-state index in [0.29, 0.717) is 5.95 Å². The van der Waals surface area contributed by atoms with Crippen LogP contribution in [0.15, 0.2) is 206 Å². The molecule has 0 saturated heterocycles. The van der Waals surface area contributed by atoms with E-state index in [0.717, 1.165) is 44.4 Å². The van der Waals surface area contributed by atoms with Gasteiger partial charge in [0.15, 0.2) is 5.82 Å². The summed E-state index contributed by atoms with van der Waals surface area (Å²) in [7, 11) is 0. The van der Waals surface area contributed by atoms with E-state index in [-0.39, 0.29) is 0 Å². The van der Waals surface area contributed by atoms with Crippen molar-refractivity contribution in [3.63, 3.8) is 0 Å². The first-order chi connectivity index (χ1) is 29.8. The molecule has 278 valence electrons. The minimum Gasteiger partial charge on any atom is -0.293 e. The van der Waals surface area contributed by atoms with Crippen LogP contribution in [-0.2, 0) is 0 Å². The van der Waals surface area contributed by atoms with Gasteiger partial charge in [0.25, 0.3) is 0 Å². The molecule has 12 aromatic rings. The summed E-state index contributed by atoms with van der Waals surface area (Å²) >= 11 is 0. The highest BCUT2D eigenvalue weighted by Gasteiger charge is 2.29. The van der Waals surface area contributed by atoms with Gasteiger partial charge in [-0.05, 0) is 91.7 Å². The lowest BCUT2D eigenvalue weighted by atomic mass is 9.85. The molecule has 0 saturated carbocycles. The number of para-hydroxylation sites is 2. The van der Waals surface area contributed by atoms with Crippen molar-refractivity contribution in [1.82, 2.24) is 19.1 Å². The van der Waals surface area contributed by atoms with E-state index in [2.05, 4.69) is 215 Å². The summed E-state index contributed by atoms with van der Waals surface area (Å²) in [6.45, 7) is 0. The second-order valence-electron chi connectivity index (χ2n) is 15.7. The van der Waals surface area contributed by atoms with E-state index in [4.69, 9.17) is 9.97 Å². The summed E-state index contributed by atoms with van der Waals surface area (Å²) in [4.78, 5) is 11.1. The molecule has 13 rings (SSSR count). The van der Waals surface area contributed by atoms with E-state index < -0.39 is 0 Å². The highest BCUT2D eigenvalue weighted by atomic mass is 15.2. The molecule has 9 aromatic carbocycles. The van der Waals surface area contributed by atoms with Gasteiger partial charge >= 0.3 is 0 Å². The summed E-state index contributed by atoms with van der Waals surface area (Å²) in [6.07, 6.45) is 0. The van der Waals surface area contributed by atoms with Gasteiger partial charge in [-0.2, -0.15) is 4.98 Å². The van der Waals surface area contributed by atoms with E-state index >= 15 is 0 Å². The predicted octanol–water partition coefficient (Wildman–Crippen LogP) is 14.0. The molecule has 3 aromatic heterocycles. The Morgan fingerprint density at radius 2 is 0.900 bits per heavy atom. The molecule has 0 radical (unpaired) electrons. The van der Waals surface area contributed by atoms with E-state index in [9.17, 15) is 0 Å². The highest BCUT2D eigenvalue weighted by molar-refractivity contribution is 6.31. The lowest BCUT2D eigenvalue weighted by Crippen LogP contribution is -2.07. The molecule has 0 aliphatic heterocycles. The average Bonchev–Trinajstić information content (AvgIpc) is 3.79. The van der Waals surface area contributed by atoms with Crippen molar-refractivity contribution in [1.29, 1.82) is 0 Å². The SMILES string of the molecule is c1ccc(C2=C(c3ccccc3)c3cccc4c3c3c5c2cccc5ccc3n4-c2nc(-n3c4ccccc4c4ccc(-c5ccccc5)cc43)c3ccccc3n2)cc1. The van der Waals surface area contributed by atoms with Crippen LogP contribution in [0.25, 0.3) is 99.3 Å². The first kappa shape index (κ1) is 32.9. The molecule has 0 amide bonds. The van der Waals surface area contributed by atoms with E-state index in [1.165, 1.54) is 71.3 Å². The van der Waals surface area contributed by atoms with Gasteiger partial charge in [-0.15, -0.1) is 0 Å². The molecule has 3 heterocycles. The number of hydrogen-bond donors (Lipinski definition) is 0. The molecule has 4 nitrogen and oxygen atoms in total. The predicted molar refractivity (Wildman–Crippen MR) is 249 cm³/mol. The molecule has 1 aliphatic rings. The molecule has 0 atom stereocenters. The molecule has 0 N–H and O–H groups in total. The number of nitrogens with zero attached hydrogens (tertiary/aromatic N) is 4. The highest BCUT2D eigenvalue weighted by Crippen LogP contribution is 2.50. The van der Waals surface area contributed by atoms with Crippen molar-refractivity contribution in [2.24, 2.45) is 0 Å². The maximum atomic E-state index is 5.68. The van der Waals surface area contributed by atoms with Gasteiger partial charge in [0.1, 0.15) is 0 Å². The number of benzene rings is 9. The van der Waals surface area contributed by atoms with Gasteiger partial charge in [-0.25, -0.2) is 4.98 Å². The fourth-order valence-corrected chi connectivity index (χ4v) is 9.96. The smallest absolute Gasteiger partial charge is 0.237 e. The van der Waals surface area contributed by atoms with Crippen molar-refractivity contribution < 1.29 is 0 Å². The molecular formula is C56H34N4. The quantitative estimate of drug-likeness (QED) is 0.175. The monoisotopic (exact) mass is 762 g/mol. The van der Waals surface area contributed by atoms with E-state index in [1.807, 2.05) is 0 Å². The Kier molecular flexibility index (Phi) is 6.98. The standard InChI is InChI=1S/C56H34N4/c1-4-16-35(17-5-1)39-30-32-41-40-23-11-13-28-46(40)59(49(41)34-39)55-42-24-10-12-27-45(42)57-56(58-55)60-47-29-15-26-44-51(37-20-8-3-9-21-37)50(36-18-6-2-7-19-36)43-25-14-22-38-31-33-48(60)54(52(38)43)53(44)47/h1-34H. The molecule has 0 spiro atoms. The van der Waals surface area contributed by atoms with Crippen LogP contribution in [0.4, 0.5) is 0 Å². The van der Waals surface area contributed by atoms with Gasteiger partial charge in [-0.3, -0.25) is 9.13 Å². The molecule has 4 heteroatoms. The summed E-state index contributed by atoms with van der Waals surface area (Å²) in [6, 6.07) is 74.3. The van der Waals surface area contributed by atoms with Gasteiger partial charge in [-0.1, -0.05) is 170 Å². The Hall–Kier alpha value is -8.08. The molecule has 0 fully saturated rings. The zero-order valence-electron chi connectivity index (χ0n) is 32.4. The largest absolute Gasteiger partial charge is 0.293 e. The maximum absolute atomic E-state index is 5.68. The van der Waals surface area contributed by atoms with Crippen LogP contribution in [0.2, 0.25) is 0 Å². The van der Waals surface area contributed by atoms with Crippen LogP contribution in [0.3, 0.4) is 0 Å². The Bertz CT molecular complexity index is 3740. The Labute approximate surface area is 345 Å². The number of aromatic nitrogens is 4. The summed E-state index contributed by atoms with van der Waals surface area (Å²) in [5.41, 5.74) is 14.8. The third-order valence-electron chi connectivity index (χ3n) is 12.5. The number of rotatable bonds is 5. The summed E-state index contributed by atoms with van der Waals surface area (Å²) in [5, 5.41) is 8.24. The first-order valence-corrected chi connectivity index (χ1v) is 20.5. The summed E-state index contributed by atoms with van der Waals surface area (Å²) in [5.74, 6) is 1.49. The van der Waals surface area contributed by atoms with Crippen LogP contribution >= 0.6 is 0 Å². The zero-order valence-corrected chi connectivity index (χ0v) is 32.4. The van der Waals surface area contributed by atoms with Gasteiger partial charge in [0.05, 0.1) is 27.6 Å². The molecule has 0 unspecified atom stereocenters. The van der Waals surface area contributed by atoms with Crippen LogP contribution < -0.4 is 0 Å². The van der Waals surface area contributed by atoms with Crippen molar-refractivity contribution >= 4 is 76.4 Å². The Morgan fingerprint density at radius 1 is 0.317 bits per heavy atom. The first-order valence-electron chi connectivity index (χ1n) is 20.5. The normalized spacial score (nSPS) is 12.6. The second-order valence-corrected chi connectivity index (χ2v) is 15.7. The Balaban J connectivity index is 1.16. The van der Waals surface area contributed by atoms with Crippen molar-refractivity contribution in [3.8, 4) is 22.9 Å². The van der Waals surface area contributed by atoms with Gasteiger partial charge in [0, 0.05) is 26.9 Å². The zero-order chi connectivity index (χ0) is 39.3. The molecule has 1 aliphatic carbocycles. The maximum Gasteiger partial charge on any atom is 0.237 e. The minimum absolute atomic E-state index is 0.636. The Morgan fingerprint density at radius 3 is 1.65 bits per heavy atom. The van der Waals surface area contributed by atoms with Crippen LogP contribution in [0.1, 0.15) is 22.3 Å². The third kappa shape index (κ3) is 4.67. The van der Waals surface area contributed by atoms with Crippen molar-refractivity contribution in [3.05, 3.63) is 229 Å². The minimum atomic E-state index is 0.636. The molecular weight excluding hydrogens is 729 g/mol. The van der Waals surface area contributed by atoms with E-state index in [1.54, 1.807) is 0 Å². The lowest BCUT2D eigenvalue weighted by Gasteiger charge is -2.19. The lowest BCUT2D eigenvalue weighted by molar-refractivity contribution is 0.973. The van der Waals surface area contributed by atoms with Crippen LogP contribution in [-0.4, -0.2) is 19.1 Å². The van der Waals surface area contributed by atoms with Crippen molar-refractivity contribution in [2.75, 3.05) is 0 Å². The molecule has 60 heavy (non-hydrogen) atoms. The second kappa shape index (κ2) is 12.7. The van der Waals surface area contributed by atoms with Crippen LogP contribution in [0, 0.1) is 0 Å². The summed E-state index contributed by atoms with van der Waals surface area (Å²) < 4.78 is 4.66. The van der Waals surface area contributed by atoms with Gasteiger partial charge in [0.2, 0.25) is 5.95 Å².